The van der Waals surface area contributed by atoms with Gasteiger partial charge in [0.25, 0.3) is 0 Å². The molecule has 1 aliphatic heterocycles. The molecule has 1 amide bonds. The third kappa shape index (κ3) is 2.75. The van der Waals surface area contributed by atoms with Crippen molar-refractivity contribution in [3.8, 4) is 0 Å². The van der Waals surface area contributed by atoms with Crippen molar-refractivity contribution < 1.29 is 9.32 Å². The fourth-order valence-corrected chi connectivity index (χ4v) is 4.40. The fraction of sp³-hybridized carbons (Fsp3) is 0.550. The molecule has 25 heavy (non-hydrogen) atoms. The minimum Gasteiger partial charge on any atom is -0.339 e. The predicted molar refractivity (Wildman–Crippen MR) is 92.1 cm³/mol. The summed E-state index contributed by atoms with van der Waals surface area (Å²) < 4.78 is 5.41. The van der Waals surface area contributed by atoms with Crippen LogP contribution in [0.15, 0.2) is 28.8 Å². The Hall–Kier alpha value is -2.17. The van der Waals surface area contributed by atoms with Crippen LogP contribution in [0.25, 0.3) is 0 Å². The zero-order chi connectivity index (χ0) is 16.8. The number of carbonyl (C=O) groups is 1. The minimum absolute atomic E-state index is 0.000367. The number of hydrogen-bond acceptors (Lipinski definition) is 4. The van der Waals surface area contributed by atoms with E-state index < -0.39 is 0 Å². The molecule has 3 aliphatic rings. The van der Waals surface area contributed by atoms with Gasteiger partial charge in [-0.2, -0.15) is 4.98 Å². The number of aromatic nitrogens is 2. The van der Waals surface area contributed by atoms with Crippen LogP contribution >= 0.6 is 0 Å². The smallest absolute Gasteiger partial charge is 0.229 e. The lowest BCUT2D eigenvalue weighted by Crippen LogP contribution is -2.32. The summed E-state index contributed by atoms with van der Waals surface area (Å²) in [7, 11) is 0. The Morgan fingerprint density at radius 3 is 2.96 bits per heavy atom. The first-order valence-electron chi connectivity index (χ1n) is 9.50. The van der Waals surface area contributed by atoms with E-state index in [4.69, 9.17) is 4.52 Å². The monoisotopic (exact) mass is 337 g/mol. The van der Waals surface area contributed by atoms with E-state index in [9.17, 15) is 4.79 Å². The Morgan fingerprint density at radius 1 is 1.20 bits per heavy atom. The van der Waals surface area contributed by atoms with Gasteiger partial charge in [0.05, 0.1) is 6.04 Å². The molecule has 1 aromatic heterocycles. The van der Waals surface area contributed by atoms with Crippen LogP contribution in [0, 0.1) is 0 Å². The van der Waals surface area contributed by atoms with E-state index in [1.165, 1.54) is 11.1 Å². The van der Waals surface area contributed by atoms with Crippen LogP contribution in [0.3, 0.4) is 0 Å². The van der Waals surface area contributed by atoms with Gasteiger partial charge in [0.15, 0.2) is 5.82 Å². The number of amides is 1. The van der Waals surface area contributed by atoms with Crippen LogP contribution in [0.1, 0.15) is 79.2 Å². The van der Waals surface area contributed by atoms with Crippen LogP contribution in [-0.4, -0.2) is 27.5 Å². The quantitative estimate of drug-likeness (QED) is 0.853. The number of likely N-dealkylation sites (tertiary alicyclic amines) is 1. The van der Waals surface area contributed by atoms with Gasteiger partial charge in [0.1, 0.15) is 0 Å². The normalized spacial score (nSPS) is 25.4. The maximum atomic E-state index is 13.0. The molecule has 5 heteroatoms. The Labute approximate surface area is 147 Å². The zero-order valence-corrected chi connectivity index (χ0v) is 14.4. The van der Waals surface area contributed by atoms with E-state index in [1.54, 1.807) is 0 Å². The number of benzene rings is 1. The molecule has 2 atom stereocenters. The van der Waals surface area contributed by atoms with Gasteiger partial charge in [-0.05, 0) is 55.6 Å². The third-order valence-corrected chi connectivity index (χ3v) is 5.93. The predicted octanol–water partition coefficient (Wildman–Crippen LogP) is 3.73. The largest absolute Gasteiger partial charge is 0.339 e. The molecule has 0 spiro atoms. The summed E-state index contributed by atoms with van der Waals surface area (Å²) in [6, 6.07) is 8.55. The van der Waals surface area contributed by atoms with Gasteiger partial charge in [-0.25, -0.2) is 0 Å². The van der Waals surface area contributed by atoms with Gasteiger partial charge in [0, 0.05) is 18.9 Å². The van der Waals surface area contributed by atoms with E-state index in [1.807, 2.05) is 4.90 Å². The molecule has 0 N–H and O–H groups in total. The van der Waals surface area contributed by atoms with Crippen LogP contribution < -0.4 is 0 Å². The average molecular weight is 337 g/mol. The number of fused-ring (bicyclic) bond motifs is 1. The molecule has 1 saturated carbocycles. The lowest BCUT2D eigenvalue weighted by molar-refractivity contribution is -0.132. The number of carbonyl (C=O) groups excluding carboxylic acids is 1. The van der Waals surface area contributed by atoms with E-state index in [-0.39, 0.29) is 11.9 Å². The van der Waals surface area contributed by atoms with Gasteiger partial charge >= 0.3 is 0 Å². The van der Waals surface area contributed by atoms with Crippen molar-refractivity contribution in [3.63, 3.8) is 0 Å². The summed E-state index contributed by atoms with van der Waals surface area (Å²) in [6.07, 6.45) is 7.03. The number of nitrogens with zero attached hydrogens (tertiary/aromatic N) is 3. The molecule has 0 radical (unpaired) electrons. The Kier molecular flexibility index (Phi) is 3.61. The van der Waals surface area contributed by atoms with Gasteiger partial charge in [0.2, 0.25) is 11.8 Å². The van der Waals surface area contributed by atoms with Crippen LogP contribution in [0.2, 0.25) is 0 Å². The van der Waals surface area contributed by atoms with Gasteiger partial charge in [-0.1, -0.05) is 29.4 Å². The fourth-order valence-electron chi connectivity index (χ4n) is 4.40. The van der Waals surface area contributed by atoms with Crippen molar-refractivity contribution in [2.45, 2.75) is 62.8 Å². The lowest BCUT2D eigenvalue weighted by Gasteiger charge is -2.24. The summed E-state index contributed by atoms with van der Waals surface area (Å²) in [4.78, 5) is 19.6. The standard InChI is InChI=1S/C20H23N3O2/c24-18(12-15-10-7-13-4-1-2-5-16(13)15)23-11-3-6-17(23)19-21-20(25-22-19)14-8-9-14/h1-2,4-5,14-15,17H,3,6-12H2/t15-,17+/m1/s1. The van der Waals surface area contributed by atoms with Gasteiger partial charge < -0.3 is 9.42 Å². The average Bonchev–Trinajstić information content (AvgIpc) is 3.04. The van der Waals surface area contributed by atoms with Gasteiger partial charge in [-0.15, -0.1) is 0 Å². The molecule has 0 bridgehead atoms. The Balaban J connectivity index is 1.31. The molecule has 1 saturated heterocycles. The summed E-state index contributed by atoms with van der Waals surface area (Å²) in [5, 5.41) is 4.18. The molecule has 1 aromatic carbocycles. The Morgan fingerprint density at radius 2 is 2.08 bits per heavy atom. The van der Waals surface area contributed by atoms with E-state index in [0.29, 0.717) is 24.1 Å². The maximum Gasteiger partial charge on any atom is 0.229 e. The highest BCUT2D eigenvalue weighted by atomic mass is 16.5. The summed E-state index contributed by atoms with van der Waals surface area (Å²) in [5.41, 5.74) is 2.77. The van der Waals surface area contributed by atoms with Crippen molar-refractivity contribution in [1.29, 1.82) is 0 Å². The SMILES string of the molecule is O=C(C[C@H]1CCc2ccccc21)N1CCC[C@H]1c1noc(C2CC2)n1. The first-order valence-corrected chi connectivity index (χ1v) is 9.50. The van der Waals surface area contributed by atoms with Crippen molar-refractivity contribution in [2.75, 3.05) is 6.54 Å². The van der Waals surface area contributed by atoms with Crippen molar-refractivity contribution in [2.24, 2.45) is 0 Å². The molecule has 5 rings (SSSR count). The highest BCUT2D eigenvalue weighted by Gasteiger charge is 2.37. The first-order chi connectivity index (χ1) is 12.3. The molecule has 2 heterocycles. The number of rotatable bonds is 4. The summed E-state index contributed by atoms with van der Waals surface area (Å²) in [6.45, 7) is 0.811. The highest BCUT2D eigenvalue weighted by molar-refractivity contribution is 5.78. The van der Waals surface area contributed by atoms with Crippen molar-refractivity contribution in [1.82, 2.24) is 15.0 Å². The maximum absolute atomic E-state index is 13.0. The molecular formula is C20H23N3O2. The molecule has 2 aliphatic carbocycles. The third-order valence-electron chi connectivity index (χ3n) is 5.93. The first kappa shape index (κ1) is 15.1. The Bertz CT molecular complexity index is 796. The molecular weight excluding hydrogens is 314 g/mol. The number of hydrogen-bond donors (Lipinski definition) is 0. The molecule has 130 valence electrons. The lowest BCUT2D eigenvalue weighted by atomic mass is 9.97. The molecule has 2 aromatic rings. The van der Waals surface area contributed by atoms with Crippen LogP contribution in [0.5, 0.6) is 0 Å². The molecule has 0 unspecified atom stereocenters. The molecule has 5 nitrogen and oxygen atoms in total. The zero-order valence-electron chi connectivity index (χ0n) is 14.4. The second kappa shape index (κ2) is 5.97. The van der Waals surface area contributed by atoms with E-state index in [2.05, 4.69) is 34.4 Å². The van der Waals surface area contributed by atoms with Gasteiger partial charge in [-0.3, -0.25) is 4.79 Å². The summed E-state index contributed by atoms with van der Waals surface area (Å²) in [5.74, 6) is 2.53. The van der Waals surface area contributed by atoms with Crippen molar-refractivity contribution >= 4 is 5.91 Å². The minimum atomic E-state index is 0.000367. The molecule has 2 fully saturated rings. The van der Waals surface area contributed by atoms with Crippen LogP contribution in [-0.2, 0) is 11.2 Å². The van der Waals surface area contributed by atoms with E-state index >= 15 is 0 Å². The second-order valence-electron chi connectivity index (χ2n) is 7.65. The second-order valence-corrected chi connectivity index (χ2v) is 7.65. The number of aryl methyl sites for hydroxylation is 1. The van der Waals surface area contributed by atoms with E-state index in [0.717, 1.165) is 51.0 Å². The van der Waals surface area contributed by atoms with Crippen molar-refractivity contribution in [3.05, 3.63) is 47.1 Å². The van der Waals surface area contributed by atoms with Crippen LogP contribution in [0.4, 0.5) is 0 Å². The highest BCUT2D eigenvalue weighted by Crippen LogP contribution is 2.41. The topological polar surface area (TPSA) is 59.2 Å². The summed E-state index contributed by atoms with van der Waals surface area (Å²) >= 11 is 0.